The van der Waals surface area contributed by atoms with Crippen LogP contribution in [0.25, 0.3) is 0 Å². The lowest BCUT2D eigenvalue weighted by Gasteiger charge is -2.21. The Labute approximate surface area is 163 Å². The summed E-state index contributed by atoms with van der Waals surface area (Å²) >= 11 is 1.71. The van der Waals surface area contributed by atoms with Gasteiger partial charge in [0.2, 0.25) is 5.91 Å². The highest BCUT2D eigenvalue weighted by Gasteiger charge is 2.12. The first-order valence-electron chi connectivity index (χ1n) is 7.74. The van der Waals surface area contributed by atoms with Crippen molar-refractivity contribution in [2.45, 2.75) is 45.4 Å². The van der Waals surface area contributed by atoms with Gasteiger partial charge in [0, 0.05) is 19.1 Å². The van der Waals surface area contributed by atoms with E-state index in [9.17, 15) is 4.79 Å². The van der Waals surface area contributed by atoms with Gasteiger partial charge in [0.1, 0.15) is 0 Å². The summed E-state index contributed by atoms with van der Waals surface area (Å²) in [6.45, 7) is 5.80. The number of amides is 1. The van der Waals surface area contributed by atoms with Crippen molar-refractivity contribution in [1.82, 2.24) is 10.2 Å². The quantitative estimate of drug-likeness (QED) is 0.674. The molecule has 140 valence electrons. The summed E-state index contributed by atoms with van der Waals surface area (Å²) in [7, 11) is 2.11. The first-order valence-corrected chi connectivity index (χ1v) is 9.13. The van der Waals surface area contributed by atoms with Crippen LogP contribution in [-0.2, 0) is 17.9 Å². The number of carbonyl (C=O) groups excluding carboxylic acids is 1. The summed E-state index contributed by atoms with van der Waals surface area (Å²) < 4.78 is 0. The monoisotopic (exact) mass is 395 g/mol. The van der Waals surface area contributed by atoms with Gasteiger partial charge in [0.15, 0.2) is 0 Å². The van der Waals surface area contributed by atoms with Crippen molar-refractivity contribution in [2.24, 2.45) is 5.73 Å². The van der Waals surface area contributed by atoms with Gasteiger partial charge in [-0.2, -0.15) is 11.8 Å². The second-order valence-corrected chi connectivity index (χ2v) is 6.92. The van der Waals surface area contributed by atoms with Gasteiger partial charge in [0.05, 0.1) is 6.04 Å². The fourth-order valence-electron chi connectivity index (χ4n) is 2.00. The zero-order valence-corrected chi connectivity index (χ0v) is 17.4. The molecular weight excluding hydrogens is 365 g/mol. The zero-order valence-electron chi connectivity index (χ0n) is 15.0. The third-order valence-electron chi connectivity index (χ3n) is 3.74. The molecule has 3 N–H and O–H groups in total. The molecule has 0 spiro atoms. The lowest BCUT2D eigenvalue weighted by atomic mass is 10.1. The van der Waals surface area contributed by atoms with Gasteiger partial charge in [-0.25, -0.2) is 0 Å². The maximum absolute atomic E-state index is 11.9. The summed E-state index contributed by atoms with van der Waals surface area (Å²) in [5.41, 5.74) is 8.23. The fraction of sp³-hybridized carbons (Fsp3) is 0.588. The van der Waals surface area contributed by atoms with Crippen molar-refractivity contribution in [3.05, 3.63) is 35.4 Å². The van der Waals surface area contributed by atoms with Crippen LogP contribution in [-0.4, -0.2) is 41.9 Å². The van der Waals surface area contributed by atoms with Crippen LogP contribution in [0, 0.1) is 0 Å². The Hall–Kier alpha value is -0.460. The zero-order chi connectivity index (χ0) is 16.5. The van der Waals surface area contributed by atoms with Crippen LogP contribution < -0.4 is 11.1 Å². The number of carbonyl (C=O) groups is 1. The summed E-state index contributed by atoms with van der Waals surface area (Å²) in [6.07, 6.45) is 2.73. The molecule has 7 heteroatoms. The maximum Gasteiger partial charge on any atom is 0.237 e. The van der Waals surface area contributed by atoms with E-state index in [0.29, 0.717) is 19.0 Å². The molecule has 0 saturated heterocycles. The Balaban J connectivity index is 0. The van der Waals surface area contributed by atoms with Crippen molar-refractivity contribution < 1.29 is 4.79 Å². The van der Waals surface area contributed by atoms with E-state index in [4.69, 9.17) is 5.73 Å². The van der Waals surface area contributed by atoms with E-state index in [-0.39, 0.29) is 30.7 Å². The Kier molecular flexibility index (Phi) is 14.8. The molecule has 1 aromatic carbocycles. The highest BCUT2D eigenvalue weighted by Crippen LogP contribution is 2.09. The molecule has 0 aliphatic heterocycles. The number of halogens is 2. The van der Waals surface area contributed by atoms with Crippen LogP contribution in [0.4, 0.5) is 0 Å². The van der Waals surface area contributed by atoms with E-state index in [1.807, 2.05) is 18.4 Å². The molecule has 1 rings (SSSR count). The average molecular weight is 396 g/mol. The number of benzene rings is 1. The third kappa shape index (κ3) is 9.74. The Bertz CT molecular complexity index is 475. The first-order chi connectivity index (χ1) is 10.4. The van der Waals surface area contributed by atoms with Gasteiger partial charge < -0.3 is 11.1 Å². The third-order valence-corrected chi connectivity index (χ3v) is 4.39. The molecule has 0 bridgehead atoms. The molecule has 0 unspecified atom stereocenters. The summed E-state index contributed by atoms with van der Waals surface area (Å²) in [4.78, 5) is 14.2. The van der Waals surface area contributed by atoms with Crippen molar-refractivity contribution >= 4 is 42.5 Å². The van der Waals surface area contributed by atoms with Crippen LogP contribution in [0.2, 0.25) is 0 Å². The second-order valence-electron chi connectivity index (χ2n) is 5.93. The Morgan fingerprint density at radius 1 is 1.29 bits per heavy atom. The van der Waals surface area contributed by atoms with Crippen LogP contribution >= 0.6 is 36.6 Å². The predicted molar refractivity (Wildman–Crippen MR) is 110 cm³/mol. The van der Waals surface area contributed by atoms with Crippen LogP contribution in [0.1, 0.15) is 31.4 Å². The number of thioether (sulfide) groups is 1. The fourth-order valence-corrected chi connectivity index (χ4v) is 2.49. The molecule has 0 saturated carbocycles. The minimum atomic E-state index is -0.414. The molecule has 4 nitrogen and oxygen atoms in total. The van der Waals surface area contributed by atoms with Gasteiger partial charge in [-0.05, 0) is 50.5 Å². The predicted octanol–water partition coefficient (Wildman–Crippen LogP) is 3.07. The number of nitrogens with zero attached hydrogens (tertiary/aromatic N) is 1. The SMILES string of the molecule is CSCC[C@H](N)C(=O)NCc1cccc(CN(C)C(C)C)c1.Cl.Cl. The van der Waals surface area contributed by atoms with Gasteiger partial charge in [-0.3, -0.25) is 9.69 Å². The lowest BCUT2D eigenvalue weighted by molar-refractivity contribution is -0.122. The van der Waals surface area contributed by atoms with Crippen molar-refractivity contribution in [3.8, 4) is 0 Å². The van der Waals surface area contributed by atoms with Crippen molar-refractivity contribution in [2.75, 3.05) is 19.1 Å². The summed E-state index contributed by atoms with van der Waals surface area (Å²) in [6, 6.07) is 8.44. The van der Waals surface area contributed by atoms with E-state index >= 15 is 0 Å². The van der Waals surface area contributed by atoms with E-state index in [1.54, 1.807) is 11.8 Å². The smallest absolute Gasteiger partial charge is 0.237 e. The van der Waals surface area contributed by atoms with Gasteiger partial charge in [-0.15, -0.1) is 24.8 Å². The topological polar surface area (TPSA) is 58.4 Å². The number of rotatable bonds is 9. The van der Waals surface area contributed by atoms with Gasteiger partial charge in [-0.1, -0.05) is 24.3 Å². The molecule has 24 heavy (non-hydrogen) atoms. The van der Waals surface area contributed by atoms with E-state index in [0.717, 1.165) is 17.9 Å². The molecular formula is C17H31Cl2N3OS. The van der Waals surface area contributed by atoms with E-state index in [1.165, 1.54) is 5.56 Å². The maximum atomic E-state index is 11.9. The minimum absolute atomic E-state index is 0. The van der Waals surface area contributed by atoms with Gasteiger partial charge >= 0.3 is 0 Å². The number of hydrogen-bond acceptors (Lipinski definition) is 4. The van der Waals surface area contributed by atoms with Crippen molar-refractivity contribution in [3.63, 3.8) is 0 Å². The number of nitrogens with two attached hydrogens (primary N) is 1. The minimum Gasteiger partial charge on any atom is -0.351 e. The van der Waals surface area contributed by atoms with Gasteiger partial charge in [0.25, 0.3) is 0 Å². The van der Waals surface area contributed by atoms with E-state index in [2.05, 4.69) is 43.2 Å². The molecule has 1 amide bonds. The van der Waals surface area contributed by atoms with Crippen LogP contribution in [0.3, 0.4) is 0 Å². The van der Waals surface area contributed by atoms with Crippen LogP contribution in [0.5, 0.6) is 0 Å². The number of hydrogen-bond donors (Lipinski definition) is 2. The number of nitrogens with one attached hydrogen (secondary N) is 1. The summed E-state index contributed by atoms with van der Waals surface area (Å²) in [5.74, 6) is 0.838. The standard InChI is InChI=1S/C17H29N3OS.2ClH/c1-13(2)20(3)12-15-7-5-6-14(10-15)11-19-17(21)16(18)8-9-22-4;;/h5-7,10,13,16H,8-9,11-12,18H2,1-4H3,(H,19,21);2*1H/t16-;;/m0../s1. The molecule has 1 aromatic rings. The molecule has 0 heterocycles. The Morgan fingerprint density at radius 2 is 1.92 bits per heavy atom. The molecule has 0 radical (unpaired) electrons. The molecule has 0 aliphatic rings. The molecule has 1 atom stereocenters. The molecule has 0 aromatic heterocycles. The normalized spacial score (nSPS) is 11.6. The highest BCUT2D eigenvalue weighted by atomic mass is 35.5. The Morgan fingerprint density at radius 3 is 2.50 bits per heavy atom. The van der Waals surface area contributed by atoms with Crippen molar-refractivity contribution in [1.29, 1.82) is 0 Å². The first kappa shape index (κ1) is 25.8. The second kappa shape index (κ2) is 13.8. The van der Waals surface area contributed by atoms with Crippen LogP contribution in [0.15, 0.2) is 24.3 Å². The van der Waals surface area contributed by atoms with E-state index < -0.39 is 6.04 Å². The molecule has 0 fully saturated rings. The lowest BCUT2D eigenvalue weighted by Crippen LogP contribution is -2.40. The summed E-state index contributed by atoms with van der Waals surface area (Å²) in [5, 5.41) is 2.92. The highest BCUT2D eigenvalue weighted by molar-refractivity contribution is 7.98. The largest absolute Gasteiger partial charge is 0.351 e. The average Bonchev–Trinajstić information content (AvgIpc) is 2.50. The molecule has 0 aliphatic carbocycles.